The van der Waals surface area contributed by atoms with Gasteiger partial charge in [0.2, 0.25) is 5.22 Å². The van der Waals surface area contributed by atoms with Crippen molar-refractivity contribution in [2.75, 3.05) is 5.43 Å². The van der Waals surface area contributed by atoms with Crippen molar-refractivity contribution in [3.05, 3.63) is 47.6 Å². The van der Waals surface area contributed by atoms with Gasteiger partial charge in [-0.1, -0.05) is 0 Å². The van der Waals surface area contributed by atoms with Gasteiger partial charge in [0.15, 0.2) is 0 Å². The lowest BCUT2D eigenvalue weighted by Crippen LogP contribution is -2.20. The number of nitrogens with zero attached hydrogens (tertiary/aromatic N) is 1. The number of amides is 1. The summed E-state index contributed by atoms with van der Waals surface area (Å²) in [5.74, 6) is -0.306. The summed E-state index contributed by atoms with van der Waals surface area (Å²) in [7, 11) is 0. The number of aromatic nitrogens is 1. The maximum atomic E-state index is 11.5. The number of rotatable bonds is 2. The fourth-order valence-corrected chi connectivity index (χ4v) is 1.24. The highest BCUT2D eigenvalue weighted by Crippen LogP contribution is 2.16. The molecule has 0 spiro atoms. The summed E-state index contributed by atoms with van der Waals surface area (Å²) in [4.78, 5) is 11.5. The quantitative estimate of drug-likeness (QED) is 0.825. The smallest absolute Gasteiger partial charge is 0.274 e. The van der Waals surface area contributed by atoms with Crippen LogP contribution in [0.1, 0.15) is 10.4 Å². The fourth-order valence-electron chi connectivity index (χ4n) is 1.04. The van der Waals surface area contributed by atoms with Gasteiger partial charge >= 0.3 is 0 Å². The van der Waals surface area contributed by atoms with E-state index in [9.17, 15) is 4.79 Å². The van der Waals surface area contributed by atoms with E-state index in [2.05, 4.69) is 5.43 Å². The van der Waals surface area contributed by atoms with Crippen molar-refractivity contribution >= 4 is 17.5 Å². The van der Waals surface area contributed by atoms with Crippen LogP contribution in [0.2, 0.25) is 5.22 Å². The Bertz CT molecular complexity index is 433. The molecule has 2 aromatic heterocycles. The van der Waals surface area contributed by atoms with Crippen molar-refractivity contribution < 1.29 is 9.21 Å². The predicted octanol–water partition coefficient (Wildman–Crippen LogP) is 2.12. The lowest BCUT2D eigenvalue weighted by atomic mass is 10.3. The number of nitrogens with one attached hydrogen (secondary N) is 1. The minimum Gasteiger partial charge on any atom is -0.452 e. The lowest BCUT2D eigenvalue weighted by Gasteiger charge is -2.03. The molecule has 5 heteroatoms. The molecule has 14 heavy (non-hydrogen) atoms. The Morgan fingerprint density at radius 3 is 2.71 bits per heavy atom. The van der Waals surface area contributed by atoms with Crippen molar-refractivity contribution in [3.8, 4) is 0 Å². The van der Waals surface area contributed by atoms with E-state index in [1.165, 1.54) is 17.0 Å². The molecular formula is C9H7ClN2O2. The molecule has 2 heterocycles. The van der Waals surface area contributed by atoms with Crippen LogP contribution in [0.3, 0.4) is 0 Å². The van der Waals surface area contributed by atoms with Crippen molar-refractivity contribution in [3.63, 3.8) is 0 Å². The molecule has 4 nitrogen and oxygen atoms in total. The maximum absolute atomic E-state index is 11.5. The number of hydrogen-bond donors (Lipinski definition) is 1. The average molecular weight is 211 g/mol. The second-order valence-electron chi connectivity index (χ2n) is 2.64. The van der Waals surface area contributed by atoms with Crippen LogP contribution in [-0.2, 0) is 0 Å². The summed E-state index contributed by atoms with van der Waals surface area (Å²) >= 11 is 5.64. The van der Waals surface area contributed by atoms with Crippen molar-refractivity contribution in [2.45, 2.75) is 0 Å². The van der Waals surface area contributed by atoms with Gasteiger partial charge in [0, 0.05) is 12.4 Å². The number of hydrogen-bond acceptors (Lipinski definition) is 2. The number of carbonyl (C=O) groups excluding carboxylic acids is 1. The zero-order valence-corrected chi connectivity index (χ0v) is 7.86. The summed E-state index contributed by atoms with van der Waals surface area (Å²) in [6, 6.07) is 5.12. The molecule has 0 saturated carbocycles. The Labute approximate surface area is 85.1 Å². The minimum atomic E-state index is -0.306. The Morgan fingerprint density at radius 1 is 1.43 bits per heavy atom. The summed E-state index contributed by atoms with van der Waals surface area (Å²) < 4.78 is 6.33. The van der Waals surface area contributed by atoms with Crippen LogP contribution >= 0.6 is 11.6 Å². The van der Waals surface area contributed by atoms with Crippen LogP contribution in [0.25, 0.3) is 0 Å². The molecule has 0 aliphatic carbocycles. The number of furan rings is 1. The summed E-state index contributed by atoms with van der Waals surface area (Å²) in [5, 5.41) is 0.0923. The topological polar surface area (TPSA) is 47.2 Å². The van der Waals surface area contributed by atoms with Gasteiger partial charge < -0.3 is 4.42 Å². The highest BCUT2D eigenvalue weighted by atomic mass is 35.5. The van der Waals surface area contributed by atoms with Crippen LogP contribution in [-0.4, -0.2) is 10.6 Å². The van der Waals surface area contributed by atoms with Gasteiger partial charge in [-0.15, -0.1) is 0 Å². The third-order valence-electron chi connectivity index (χ3n) is 1.70. The zero-order chi connectivity index (χ0) is 9.97. The van der Waals surface area contributed by atoms with Crippen molar-refractivity contribution in [2.24, 2.45) is 0 Å². The van der Waals surface area contributed by atoms with Gasteiger partial charge in [0.25, 0.3) is 5.91 Å². The molecule has 1 N–H and O–H groups in total. The standard InChI is InChI=1S/C9H7ClN2O2/c10-8-7(3-6-14-8)9(13)11-12-4-1-2-5-12/h1-6H,(H,11,13). The molecule has 0 saturated heterocycles. The molecule has 0 atom stereocenters. The van der Waals surface area contributed by atoms with Crippen molar-refractivity contribution in [1.29, 1.82) is 0 Å². The monoisotopic (exact) mass is 210 g/mol. The van der Waals surface area contributed by atoms with E-state index >= 15 is 0 Å². The molecule has 1 amide bonds. The SMILES string of the molecule is O=C(Nn1cccc1)c1ccoc1Cl. The highest BCUT2D eigenvalue weighted by Gasteiger charge is 2.12. The van der Waals surface area contributed by atoms with E-state index in [1.54, 1.807) is 24.5 Å². The highest BCUT2D eigenvalue weighted by molar-refractivity contribution is 6.32. The molecule has 0 radical (unpaired) electrons. The van der Waals surface area contributed by atoms with Gasteiger partial charge in [-0.3, -0.25) is 14.9 Å². The largest absolute Gasteiger partial charge is 0.452 e. The van der Waals surface area contributed by atoms with E-state index in [1.807, 2.05) is 0 Å². The molecule has 0 aliphatic heterocycles. The number of halogens is 1. The van der Waals surface area contributed by atoms with E-state index in [4.69, 9.17) is 16.0 Å². The van der Waals surface area contributed by atoms with E-state index < -0.39 is 0 Å². The predicted molar refractivity (Wildman–Crippen MR) is 51.8 cm³/mol. The molecule has 0 aliphatic rings. The third-order valence-corrected chi connectivity index (χ3v) is 1.99. The Morgan fingerprint density at radius 2 is 2.14 bits per heavy atom. The first-order valence-corrected chi connectivity index (χ1v) is 4.32. The van der Waals surface area contributed by atoms with E-state index in [0.717, 1.165) is 0 Å². The first-order chi connectivity index (χ1) is 6.77. The molecular weight excluding hydrogens is 204 g/mol. The van der Waals surface area contributed by atoms with Gasteiger partial charge in [0.05, 0.1) is 11.8 Å². The number of carbonyl (C=O) groups is 1. The second kappa shape index (κ2) is 3.59. The van der Waals surface area contributed by atoms with Crippen LogP contribution in [0.15, 0.2) is 41.3 Å². The van der Waals surface area contributed by atoms with Gasteiger partial charge in [-0.25, -0.2) is 0 Å². The third kappa shape index (κ3) is 1.65. The summed E-state index contributed by atoms with van der Waals surface area (Å²) in [5.41, 5.74) is 2.92. The first-order valence-electron chi connectivity index (χ1n) is 3.94. The molecule has 2 rings (SSSR count). The summed E-state index contributed by atoms with van der Waals surface area (Å²) in [6.45, 7) is 0. The molecule has 0 aromatic carbocycles. The molecule has 2 aromatic rings. The Balaban J connectivity index is 2.14. The van der Waals surface area contributed by atoms with Crippen LogP contribution in [0.5, 0.6) is 0 Å². The van der Waals surface area contributed by atoms with Crippen molar-refractivity contribution in [1.82, 2.24) is 4.68 Å². The molecule has 0 fully saturated rings. The lowest BCUT2D eigenvalue weighted by molar-refractivity contribution is 0.101. The normalized spacial score (nSPS) is 10.1. The molecule has 0 unspecified atom stereocenters. The van der Waals surface area contributed by atoms with Crippen LogP contribution < -0.4 is 5.43 Å². The molecule has 0 bridgehead atoms. The van der Waals surface area contributed by atoms with E-state index in [-0.39, 0.29) is 11.1 Å². The van der Waals surface area contributed by atoms with Crippen LogP contribution in [0.4, 0.5) is 0 Å². The van der Waals surface area contributed by atoms with Gasteiger partial charge in [-0.05, 0) is 29.8 Å². The minimum absolute atomic E-state index is 0.0923. The average Bonchev–Trinajstić information content (AvgIpc) is 2.75. The Kier molecular flexibility index (Phi) is 2.28. The van der Waals surface area contributed by atoms with E-state index in [0.29, 0.717) is 5.56 Å². The van der Waals surface area contributed by atoms with Gasteiger partial charge in [-0.2, -0.15) is 0 Å². The van der Waals surface area contributed by atoms with Crippen LogP contribution in [0, 0.1) is 0 Å². The summed E-state index contributed by atoms with van der Waals surface area (Å²) in [6.07, 6.45) is 4.80. The molecule has 72 valence electrons. The maximum Gasteiger partial charge on any atom is 0.274 e. The second-order valence-corrected chi connectivity index (χ2v) is 2.98. The first kappa shape index (κ1) is 8.90. The zero-order valence-electron chi connectivity index (χ0n) is 7.11. The fraction of sp³-hybridized carbons (Fsp3) is 0. The van der Waals surface area contributed by atoms with Gasteiger partial charge in [0.1, 0.15) is 0 Å². The Hall–Kier alpha value is -1.68.